The topological polar surface area (TPSA) is 21.3 Å². The number of nitrogens with one attached hydrogen (secondary N) is 1. The highest BCUT2D eigenvalue weighted by Gasteiger charge is 2.06. The van der Waals surface area contributed by atoms with E-state index in [1.54, 1.807) is 19.2 Å². The Labute approximate surface area is 119 Å². The first-order valence-electron chi connectivity index (χ1n) is 6.72. The van der Waals surface area contributed by atoms with Crippen LogP contribution < -0.4 is 10.1 Å². The summed E-state index contributed by atoms with van der Waals surface area (Å²) in [5, 5.41) is 3.40. The van der Waals surface area contributed by atoms with Gasteiger partial charge in [0.25, 0.3) is 0 Å². The Kier molecular flexibility index (Phi) is 4.74. The quantitative estimate of drug-likeness (QED) is 0.889. The van der Waals surface area contributed by atoms with Crippen molar-refractivity contribution in [2.45, 2.75) is 26.4 Å². The van der Waals surface area contributed by atoms with Gasteiger partial charge in [0.2, 0.25) is 0 Å². The lowest BCUT2D eigenvalue weighted by Crippen LogP contribution is -2.18. The molecule has 20 heavy (non-hydrogen) atoms. The van der Waals surface area contributed by atoms with E-state index in [0.29, 0.717) is 0 Å². The highest BCUT2D eigenvalue weighted by atomic mass is 19.1. The van der Waals surface area contributed by atoms with Crippen molar-refractivity contribution in [3.8, 4) is 5.75 Å². The van der Waals surface area contributed by atoms with Crippen LogP contribution >= 0.6 is 0 Å². The lowest BCUT2D eigenvalue weighted by atomic mass is 10.1. The molecule has 0 aliphatic heterocycles. The van der Waals surface area contributed by atoms with E-state index in [0.717, 1.165) is 23.4 Å². The van der Waals surface area contributed by atoms with Gasteiger partial charge in [0, 0.05) is 12.6 Å². The number of halogens is 1. The molecule has 3 heteroatoms. The first kappa shape index (κ1) is 14.5. The minimum Gasteiger partial charge on any atom is -0.496 e. The summed E-state index contributed by atoms with van der Waals surface area (Å²) < 4.78 is 18.4. The maximum absolute atomic E-state index is 13.2. The Morgan fingerprint density at radius 1 is 1.20 bits per heavy atom. The Morgan fingerprint density at radius 2 is 2.00 bits per heavy atom. The zero-order chi connectivity index (χ0) is 14.5. The van der Waals surface area contributed by atoms with E-state index in [9.17, 15) is 4.39 Å². The largest absolute Gasteiger partial charge is 0.496 e. The molecule has 2 nitrogen and oxygen atoms in total. The summed E-state index contributed by atoms with van der Waals surface area (Å²) in [4.78, 5) is 0. The molecule has 0 aliphatic rings. The summed E-state index contributed by atoms with van der Waals surface area (Å²) >= 11 is 0. The summed E-state index contributed by atoms with van der Waals surface area (Å²) in [6.45, 7) is 4.80. The predicted octanol–water partition coefficient (Wildman–Crippen LogP) is 3.99. The van der Waals surface area contributed by atoms with Crippen molar-refractivity contribution in [2.75, 3.05) is 7.11 Å². The van der Waals surface area contributed by atoms with Crippen molar-refractivity contribution in [3.05, 3.63) is 65.0 Å². The maximum atomic E-state index is 13.2. The van der Waals surface area contributed by atoms with Crippen LogP contribution in [0.25, 0.3) is 0 Å². The maximum Gasteiger partial charge on any atom is 0.123 e. The van der Waals surface area contributed by atoms with E-state index < -0.39 is 0 Å². The highest BCUT2D eigenvalue weighted by Crippen LogP contribution is 2.19. The van der Waals surface area contributed by atoms with E-state index in [1.165, 1.54) is 11.6 Å². The molecule has 0 aromatic heterocycles. The molecule has 2 aromatic rings. The monoisotopic (exact) mass is 273 g/mol. The summed E-state index contributed by atoms with van der Waals surface area (Å²) in [7, 11) is 1.67. The minimum atomic E-state index is -0.198. The fourth-order valence-corrected chi connectivity index (χ4v) is 2.22. The molecule has 0 spiro atoms. The third kappa shape index (κ3) is 3.58. The van der Waals surface area contributed by atoms with Crippen LogP contribution in [-0.2, 0) is 6.54 Å². The second kappa shape index (κ2) is 6.53. The van der Waals surface area contributed by atoms with Gasteiger partial charge in [-0.05, 0) is 48.7 Å². The number of rotatable bonds is 5. The van der Waals surface area contributed by atoms with Crippen LogP contribution in [0.3, 0.4) is 0 Å². The SMILES string of the molecule is COc1ccc(CN[C@@H](C)c2cccc(F)c2)cc1C. The molecule has 1 atom stereocenters. The molecule has 0 saturated heterocycles. The van der Waals surface area contributed by atoms with Crippen LogP contribution in [0.1, 0.15) is 29.7 Å². The van der Waals surface area contributed by atoms with Crippen LogP contribution in [0.15, 0.2) is 42.5 Å². The molecule has 0 saturated carbocycles. The van der Waals surface area contributed by atoms with Crippen molar-refractivity contribution in [1.29, 1.82) is 0 Å². The zero-order valence-corrected chi connectivity index (χ0v) is 12.1. The molecular formula is C17H20FNO. The second-order valence-electron chi connectivity index (χ2n) is 4.96. The Hall–Kier alpha value is -1.87. The van der Waals surface area contributed by atoms with Crippen LogP contribution in [0.5, 0.6) is 5.75 Å². The van der Waals surface area contributed by atoms with Gasteiger partial charge in [-0.15, -0.1) is 0 Å². The van der Waals surface area contributed by atoms with Crippen molar-refractivity contribution in [2.24, 2.45) is 0 Å². The van der Waals surface area contributed by atoms with Gasteiger partial charge >= 0.3 is 0 Å². The summed E-state index contributed by atoms with van der Waals surface area (Å²) in [5.74, 6) is 0.698. The first-order valence-corrected chi connectivity index (χ1v) is 6.72. The minimum absolute atomic E-state index is 0.105. The number of hydrogen-bond donors (Lipinski definition) is 1. The second-order valence-corrected chi connectivity index (χ2v) is 4.96. The lowest BCUT2D eigenvalue weighted by Gasteiger charge is -2.15. The van der Waals surface area contributed by atoms with E-state index >= 15 is 0 Å². The first-order chi connectivity index (χ1) is 9.60. The number of ether oxygens (including phenoxy) is 1. The van der Waals surface area contributed by atoms with Gasteiger partial charge in [-0.2, -0.15) is 0 Å². The number of aryl methyl sites for hydroxylation is 1. The molecule has 0 bridgehead atoms. The van der Waals surface area contributed by atoms with Gasteiger partial charge in [0.1, 0.15) is 11.6 Å². The smallest absolute Gasteiger partial charge is 0.123 e. The molecule has 1 N–H and O–H groups in total. The van der Waals surface area contributed by atoms with Crippen molar-refractivity contribution >= 4 is 0 Å². The Balaban J connectivity index is 1.99. The average Bonchev–Trinajstić information content (AvgIpc) is 2.45. The molecule has 0 radical (unpaired) electrons. The average molecular weight is 273 g/mol. The Morgan fingerprint density at radius 3 is 2.65 bits per heavy atom. The molecule has 106 valence electrons. The molecule has 0 aliphatic carbocycles. The molecule has 2 rings (SSSR count). The molecular weight excluding hydrogens is 253 g/mol. The van der Waals surface area contributed by atoms with Crippen LogP contribution in [0, 0.1) is 12.7 Å². The van der Waals surface area contributed by atoms with Crippen LogP contribution in [0.4, 0.5) is 4.39 Å². The van der Waals surface area contributed by atoms with E-state index in [4.69, 9.17) is 4.74 Å². The fourth-order valence-electron chi connectivity index (χ4n) is 2.22. The van der Waals surface area contributed by atoms with Crippen molar-refractivity contribution < 1.29 is 9.13 Å². The van der Waals surface area contributed by atoms with Gasteiger partial charge in [-0.25, -0.2) is 4.39 Å². The third-order valence-electron chi connectivity index (χ3n) is 3.42. The van der Waals surface area contributed by atoms with Gasteiger partial charge in [0.05, 0.1) is 7.11 Å². The van der Waals surface area contributed by atoms with Gasteiger partial charge in [0.15, 0.2) is 0 Å². The molecule has 0 fully saturated rings. The van der Waals surface area contributed by atoms with E-state index in [-0.39, 0.29) is 11.9 Å². The summed E-state index contributed by atoms with van der Waals surface area (Å²) in [5.41, 5.74) is 3.26. The van der Waals surface area contributed by atoms with E-state index in [1.807, 2.05) is 32.0 Å². The molecule has 0 amide bonds. The van der Waals surface area contributed by atoms with Crippen LogP contribution in [-0.4, -0.2) is 7.11 Å². The number of hydrogen-bond acceptors (Lipinski definition) is 2. The van der Waals surface area contributed by atoms with Crippen molar-refractivity contribution in [1.82, 2.24) is 5.32 Å². The summed E-state index contributed by atoms with van der Waals surface area (Å²) in [6, 6.07) is 12.9. The highest BCUT2D eigenvalue weighted by molar-refractivity contribution is 5.36. The number of benzene rings is 2. The van der Waals surface area contributed by atoms with Gasteiger partial charge in [-0.3, -0.25) is 0 Å². The molecule has 0 unspecified atom stereocenters. The number of methoxy groups -OCH3 is 1. The van der Waals surface area contributed by atoms with E-state index in [2.05, 4.69) is 11.4 Å². The zero-order valence-electron chi connectivity index (χ0n) is 12.1. The molecule has 0 heterocycles. The van der Waals surface area contributed by atoms with Crippen LogP contribution in [0.2, 0.25) is 0 Å². The summed E-state index contributed by atoms with van der Waals surface area (Å²) in [6.07, 6.45) is 0. The van der Waals surface area contributed by atoms with Crippen molar-refractivity contribution in [3.63, 3.8) is 0 Å². The Bertz CT molecular complexity index is 583. The fraction of sp³-hybridized carbons (Fsp3) is 0.294. The van der Waals surface area contributed by atoms with Gasteiger partial charge < -0.3 is 10.1 Å². The lowest BCUT2D eigenvalue weighted by molar-refractivity contribution is 0.411. The van der Waals surface area contributed by atoms with Gasteiger partial charge in [-0.1, -0.05) is 24.3 Å². The standard InChI is InChI=1S/C17H20FNO/c1-12-9-14(7-8-17(12)20-3)11-19-13(2)15-5-4-6-16(18)10-15/h4-10,13,19H,11H2,1-3H3/t13-/m0/s1. The third-order valence-corrected chi connectivity index (χ3v) is 3.42. The molecule has 2 aromatic carbocycles. The predicted molar refractivity (Wildman–Crippen MR) is 79.4 cm³/mol. The normalized spacial score (nSPS) is 12.2.